The third kappa shape index (κ3) is 7.56. The SMILES string of the molecule is C=C(C)C(=O)C(=O)[P+](CCCC)(CCCC)CCCC.[Cl-]. The summed E-state index contributed by atoms with van der Waals surface area (Å²) in [6.45, 7) is 11.8. The lowest BCUT2D eigenvalue weighted by Gasteiger charge is -2.24. The van der Waals surface area contributed by atoms with Crippen molar-refractivity contribution in [3.63, 3.8) is 0 Å². The van der Waals surface area contributed by atoms with Crippen molar-refractivity contribution >= 4 is 18.6 Å². The van der Waals surface area contributed by atoms with Crippen molar-refractivity contribution in [1.82, 2.24) is 0 Å². The molecular weight excluding hydrogens is 303 g/mol. The summed E-state index contributed by atoms with van der Waals surface area (Å²) in [5.74, 6) is -0.304. The van der Waals surface area contributed by atoms with Crippen LogP contribution >= 0.6 is 7.26 Å². The molecule has 0 aliphatic carbocycles. The predicted octanol–water partition coefficient (Wildman–Crippen LogP) is 2.08. The van der Waals surface area contributed by atoms with Crippen LogP contribution in [0.15, 0.2) is 12.2 Å². The topological polar surface area (TPSA) is 34.1 Å². The zero-order chi connectivity index (χ0) is 15.6. The Balaban J connectivity index is 0. The van der Waals surface area contributed by atoms with Crippen LogP contribution in [0.4, 0.5) is 0 Å². The van der Waals surface area contributed by atoms with Crippen molar-refractivity contribution in [2.75, 3.05) is 18.5 Å². The van der Waals surface area contributed by atoms with Gasteiger partial charge < -0.3 is 12.4 Å². The first-order valence-corrected chi connectivity index (χ1v) is 10.4. The molecule has 0 saturated carbocycles. The van der Waals surface area contributed by atoms with Crippen LogP contribution in [0.2, 0.25) is 0 Å². The van der Waals surface area contributed by atoms with Gasteiger partial charge >= 0.3 is 5.52 Å². The molecule has 0 saturated heterocycles. The van der Waals surface area contributed by atoms with E-state index in [1.807, 2.05) is 0 Å². The van der Waals surface area contributed by atoms with Crippen LogP contribution in [0, 0.1) is 0 Å². The van der Waals surface area contributed by atoms with Crippen LogP contribution in [-0.4, -0.2) is 29.8 Å². The van der Waals surface area contributed by atoms with E-state index in [1.54, 1.807) is 6.92 Å². The quantitative estimate of drug-likeness (QED) is 0.311. The lowest BCUT2D eigenvalue weighted by atomic mass is 10.2. The highest BCUT2D eigenvalue weighted by Crippen LogP contribution is 2.61. The molecule has 2 nitrogen and oxygen atoms in total. The summed E-state index contributed by atoms with van der Waals surface area (Å²) in [5.41, 5.74) is 0.337. The lowest BCUT2D eigenvalue weighted by Crippen LogP contribution is -3.00. The molecule has 0 amide bonds. The Hall–Kier alpha value is -0.200. The van der Waals surface area contributed by atoms with Gasteiger partial charge in [0.15, 0.2) is 0 Å². The third-order valence-corrected chi connectivity index (χ3v) is 8.41. The molecule has 0 heterocycles. The van der Waals surface area contributed by atoms with Gasteiger partial charge in [0.1, 0.15) is 0 Å². The van der Waals surface area contributed by atoms with Gasteiger partial charge in [-0.05, 0) is 31.8 Å². The van der Waals surface area contributed by atoms with E-state index in [0.717, 1.165) is 57.0 Å². The van der Waals surface area contributed by atoms with Gasteiger partial charge in [-0.1, -0.05) is 46.6 Å². The fraction of sp³-hybridized carbons (Fsp3) is 0.765. The maximum atomic E-state index is 12.8. The number of carbonyl (C=O) groups excluding carboxylic acids is 2. The van der Waals surface area contributed by atoms with Crippen molar-refractivity contribution in [1.29, 1.82) is 0 Å². The molecule has 0 aliphatic rings. The van der Waals surface area contributed by atoms with E-state index in [4.69, 9.17) is 0 Å². The van der Waals surface area contributed by atoms with E-state index < -0.39 is 7.26 Å². The first-order valence-electron chi connectivity index (χ1n) is 8.06. The molecule has 0 aromatic rings. The second kappa shape index (κ2) is 12.4. The van der Waals surface area contributed by atoms with Crippen LogP contribution in [0.5, 0.6) is 0 Å². The van der Waals surface area contributed by atoms with Crippen molar-refractivity contribution in [3.8, 4) is 0 Å². The fourth-order valence-electron chi connectivity index (χ4n) is 2.42. The fourth-order valence-corrected chi connectivity index (χ4v) is 7.09. The van der Waals surface area contributed by atoms with E-state index in [-0.39, 0.29) is 23.7 Å². The average molecular weight is 335 g/mol. The Morgan fingerprint density at radius 2 is 1.19 bits per heavy atom. The number of ketones is 1. The number of hydrogen-bond acceptors (Lipinski definition) is 2. The molecule has 0 N–H and O–H groups in total. The highest BCUT2D eigenvalue weighted by molar-refractivity contribution is 7.93. The Labute approximate surface area is 137 Å². The zero-order valence-electron chi connectivity index (χ0n) is 14.2. The van der Waals surface area contributed by atoms with E-state index in [2.05, 4.69) is 27.4 Å². The minimum absolute atomic E-state index is 0. The molecule has 0 atom stereocenters. The van der Waals surface area contributed by atoms with Gasteiger partial charge in [-0.3, -0.25) is 4.79 Å². The lowest BCUT2D eigenvalue weighted by molar-refractivity contribution is -0.129. The number of Topliss-reactive ketones (excluding diaryl/α,β-unsaturated/α-hetero) is 1. The van der Waals surface area contributed by atoms with Crippen LogP contribution in [0.25, 0.3) is 0 Å². The molecule has 4 heteroatoms. The minimum Gasteiger partial charge on any atom is -1.00 e. The van der Waals surface area contributed by atoms with Crippen molar-refractivity contribution < 1.29 is 22.0 Å². The molecule has 0 spiro atoms. The summed E-state index contributed by atoms with van der Waals surface area (Å²) in [6.07, 6.45) is 9.35. The number of carbonyl (C=O) groups is 2. The van der Waals surface area contributed by atoms with Gasteiger partial charge in [0.25, 0.3) is 5.78 Å². The van der Waals surface area contributed by atoms with Gasteiger partial charge in [-0.2, -0.15) is 0 Å². The average Bonchev–Trinajstić information content (AvgIpc) is 2.45. The predicted molar refractivity (Wildman–Crippen MR) is 91.1 cm³/mol. The van der Waals surface area contributed by atoms with Gasteiger partial charge in [0.05, 0.1) is 25.7 Å². The maximum absolute atomic E-state index is 12.8. The molecule has 0 aromatic heterocycles. The van der Waals surface area contributed by atoms with E-state index >= 15 is 0 Å². The summed E-state index contributed by atoms with van der Waals surface area (Å²) in [6, 6.07) is 0. The first kappa shape index (κ1) is 23.1. The van der Waals surface area contributed by atoms with Crippen LogP contribution in [-0.2, 0) is 9.59 Å². The van der Waals surface area contributed by atoms with Crippen LogP contribution < -0.4 is 12.4 Å². The molecule has 0 rings (SSSR count). The molecule has 0 aromatic carbocycles. The number of rotatable bonds is 12. The second-order valence-electron chi connectivity index (χ2n) is 5.79. The van der Waals surface area contributed by atoms with Gasteiger partial charge in [-0.25, -0.2) is 4.79 Å². The van der Waals surface area contributed by atoms with Crippen molar-refractivity contribution in [2.24, 2.45) is 0 Å². The second-order valence-corrected chi connectivity index (χ2v) is 9.83. The Bertz CT molecular complexity index is 318. The number of unbranched alkanes of at least 4 members (excludes halogenated alkanes) is 3. The monoisotopic (exact) mass is 334 g/mol. The highest BCUT2D eigenvalue weighted by atomic mass is 35.5. The summed E-state index contributed by atoms with van der Waals surface area (Å²) in [4.78, 5) is 24.9. The van der Waals surface area contributed by atoms with E-state index in [9.17, 15) is 9.59 Å². The maximum Gasteiger partial charge on any atom is 0.337 e. The molecule has 0 bridgehead atoms. The summed E-state index contributed by atoms with van der Waals surface area (Å²) in [5, 5.41) is 0. The van der Waals surface area contributed by atoms with Gasteiger partial charge in [-0.15, -0.1) is 0 Å². The number of allylic oxidation sites excluding steroid dienone is 1. The molecule has 124 valence electrons. The Morgan fingerprint density at radius 1 is 0.857 bits per heavy atom. The smallest absolute Gasteiger partial charge is 0.337 e. The van der Waals surface area contributed by atoms with E-state index in [1.165, 1.54) is 0 Å². The zero-order valence-corrected chi connectivity index (χ0v) is 15.9. The largest absolute Gasteiger partial charge is 1.00 e. The molecule has 0 fully saturated rings. The van der Waals surface area contributed by atoms with Crippen molar-refractivity contribution in [3.05, 3.63) is 12.2 Å². The molecule has 0 unspecified atom stereocenters. The third-order valence-electron chi connectivity index (χ3n) is 3.83. The Kier molecular flexibility index (Phi) is 13.6. The summed E-state index contributed by atoms with van der Waals surface area (Å²) < 4.78 is 0. The normalized spacial score (nSPS) is 10.9. The molecule has 0 radical (unpaired) electrons. The summed E-state index contributed by atoms with van der Waals surface area (Å²) in [7, 11) is -1.80. The minimum atomic E-state index is -1.80. The van der Waals surface area contributed by atoms with Gasteiger partial charge in [0.2, 0.25) is 0 Å². The standard InChI is InChI=1S/C17H32O2P.ClH/c1-6-9-12-20(13-10-7-2,14-11-8-3)17(19)16(18)15(4)5;/h4,6-14H2,1-3,5H3;1H/q+1;/p-1. The van der Waals surface area contributed by atoms with Crippen LogP contribution in [0.1, 0.15) is 66.2 Å². The van der Waals surface area contributed by atoms with E-state index in [0.29, 0.717) is 5.57 Å². The number of halogens is 1. The molecule has 0 aliphatic heterocycles. The van der Waals surface area contributed by atoms with Gasteiger partial charge in [0, 0.05) is 0 Å². The highest BCUT2D eigenvalue weighted by Gasteiger charge is 2.47. The van der Waals surface area contributed by atoms with Crippen molar-refractivity contribution in [2.45, 2.75) is 66.2 Å². The molecular formula is C17H32ClO2P. The van der Waals surface area contributed by atoms with Crippen LogP contribution in [0.3, 0.4) is 0 Å². The first-order chi connectivity index (χ1) is 9.45. The number of hydrogen-bond donors (Lipinski definition) is 0. The molecule has 21 heavy (non-hydrogen) atoms. The Morgan fingerprint density at radius 3 is 1.43 bits per heavy atom. The summed E-state index contributed by atoms with van der Waals surface area (Å²) >= 11 is 0.